The number of hydrogen-bond acceptors (Lipinski definition) is 4. The number of hydrogen-bond donors (Lipinski definition) is 1. The van der Waals surface area contributed by atoms with Crippen molar-refractivity contribution < 1.29 is 8.42 Å². The molecule has 0 saturated heterocycles. The van der Waals surface area contributed by atoms with E-state index < -0.39 is 9.84 Å². The standard InChI is InChI=1S/C14H22N2O2S/c1-2-19(17,18)8-7-16-11-13-6-4-3-5-12(13)9-14(16)10-15/h3-6,14H,2,7-11,15H2,1H3. The summed E-state index contributed by atoms with van der Waals surface area (Å²) in [5.41, 5.74) is 8.46. The predicted molar refractivity (Wildman–Crippen MR) is 77.7 cm³/mol. The van der Waals surface area contributed by atoms with Crippen molar-refractivity contribution in [1.29, 1.82) is 0 Å². The van der Waals surface area contributed by atoms with Crippen LogP contribution >= 0.6 is 0 Å². The van der Waals surface area contributed by atoms with Gasteiger partial charge in [0.2, 0.25) is 0 Å². The smallest absolute Gasteiger partial charge is 0.151 e. The number of benzene rings is 1. The van der Waals surface area contributed by atoms with Gasteiger partial charge in [-0.15, -0.1) is 0 Å². The molecule has 0 fully saturated rings. The highest BCUT2D eigenvalue weighted by Gasteiger charge is 2.25. The van der Waals surface area contributed by atoms with Gasteiger partial charge in [0.1, 0.15) is 0 Å². The Morgan fingerprint density at radius 2 is 2.00 bits per heavy atom. The van der Waals surface area contributed by atoms with E-state index in [-0.39, 0.29) is 17.5 Å². The minimum absolute atomic E-state index is 0.213. The van der Waals surface area contributed by atoms with Gasteiger partial charge in [-0.3, -0.25) is 4.90 Å². The van der Waals surface area contributed by atoms with E-state index in [0.717, 1.165) is 13.0 Å². The van der Waals surface area contributed by atoms with Crippen LogP contribution in [0.15, 0.2) is 24.3 Å². The van der Waals surface area contributed by atoms with Crippen LogP contribution in [0.3, 0.4) is 0 Å². The average Bonchev–Trinajstić information content (AvgIpc) is 2.44. The third kappa shape index (κ3) is 3.55. The second kappa shape index (κ2) is 6.03. The molecule has 1 aliphatic heterocycles. The summed E-state index contributed by atoms with van der Waals surface area (Å²) >= 11 is 0. The normalized spacial score (nSPS) is 20.2. The lowest BCUT2D eigenvalue weighted by Gasteiger charge is -2.36. The summed E-state index contributed by atoms with van der Waals surface area (Å²) in [7, 11) is -2.91. The number of rotatable bonds is 5. The largest absolute Gasteiger partial charge is 0.329 e. The van der Waals surface area contributed by atoms with Crippen LogP contribution in [-0.2, 0) is 22.8 Å². The van der Waals surface area contributed by atoms with Gasteiger partial charge >= 0.3 is 0 Å². The van der Waals surface area contributed by atoms with Crippen LogP contribution in [-0.4, -0.2) is 44.0 Å². The molecule has 4 nitrogen and oxygen atoms in total. The van der Waals surface area contributed by atoms with Crippen molar-refractivity contribution in [3.63, 3.8) is 0 Å². The molecule has 1 aromatic carbocycles. The van der Waals surface area contributed by atoms with Crippen LogP contribution < -0.4 is 5.73 Å². The minimum atomic E-state index is -2.91. The molecule has 0 spiro atoms. The van der Waals surface area contributed by atoms with E-state index in [1.807, 2.05) is 12.1 Å². The minimum Gasteiger partial charge on any atom is -0.329 e. The first kappa shape index (κ1) is 14.5. The molecule has 1 aromatic rings. The van der Waals surface area contributed by atoms with Crippen molar-refractivity contribution in [3.8, 4) is 0 Å². The van der Waals surface area contributed by atoms with E-state index in [9.17, 15) is 8.42 Å². The molecule has 106 valence electrons. The van der Waals surface area contributed by atoms with E-state index in [1.165, 1.54) is 11.1 Å². The number of nitrogens with zero attached hydrogens (tertiary/aromatic N) is 1. The van der Waals surface area contributed by atoms with Gasteiger partial charge in [0.25, 0.3) is 0 Å². The third-order valence-electron chi connectivity index (χ3n) is 3.87. The molecule has 0 bridgehead atoms. The second-order valence-electron chi connectivity index (χ2n) is 5.07. The molecule has 19 heavy (non-hydrogen) atoms. The molecule has 0 aromatic heterocycles. The molecular formula is C14H22N2O2S. The molecule has 1 atom stereocenters. The Hall–Kier alpha value is -0.910. The first-order valence-corrected chi connectivity index (χ1v) is 8.59. The molecule has 1 heterocycles. The molecule has 0 amide bonds. The fourth-order valence-electron chi connectivity index (χ4n) is 2.54. The summed E-state index contributed by atoms with van der Waals surface area (Å²) in [5.74, 6) is 0.437. The maximum Gasteiger partial charge on any atom is 0.151 e. The van der Waals surface area contributed by atoms with Crippen LogP contribution in [0.25, 0.3) is 0 Å². The van der Waals surface area contributed by atoms with Gasteiger partial charge in [0.05, 0.1) is 5.75 Å². The molecule has 2 rings (SSSR count). The van der Waals surface area contributed by atoms with E-state index in [2.05, 4.69) is 17.0 Å². The van der Waals surface area contributed by atoms with E-state index >= 15 is 0 Å². The fraction of sp³-hybridized carbons (Fsp3) is 0.571. The highest BCUT2D eigenvalue weighted by atomic mass is 32.2. The maximum atomic E-state index is 11.6. The molecule has 0 saturated carbocycles. The molecule has 1 unspecified atom stereocenters. The summed E-state index contributed by atoms with van der Waals surface area (Å²) in [6.07, 6.45) is 0.916. The van der Waals surface area contributed by atoms with E-state index in [0.29, 0.717) is 13.1 Å². The molecular weight excluding hydrogens is 260 g/mol. The zero-order chi connectivity index (χ0) is 13.9. The van der Waals surface area contributed by atoms with Crippen molar-refractivity contribution in [1.82, 2.24) is 4.90 Å². The molecule has 0 aliphatic carbocycles. The molecule has 2 N–H and O–H groups in total. The topological polar surface area (TPSA) is 63.4 Å². The average molecular weight is 282 g/mol. The van der Waals surface area contributed by atoms with Crippen LogP contribution in [0.1, 0.15) is 18.1 Å². The van der Waals surface area contributed by atoms with Crippen LogP contribution in [0.5, 0.6) is 0 Å². The van der Waals surface area contributed by atoms with Gasteiger partial charge in [-0.2, -0.15) is 0 Å². The lowest BCUT2D eigenvalue weighted by atomic mass is 9.94. The quantitative estimate of drug-likeness (QED) is 0.868. The first-order valence-electron chi connectivity index (χ1n) is 6.77. The SMILES string of the molecule is CCS(=O)(=O)CCN1Cc2ccccc2CC1CN. The number of sulfone groups is 1. The van der Waals surface area contributed by atoms with Gasteiger partial charge in [-0.05, 0) is 17.5 Å². The Labute approximate surface area is 115 Å². The predicted octanol–water partition coefficient (Wildman–Crippen LogP) is 0.807. The van der Waals surface area contributed by atoms with Crippen molar-refractivity contribution in [2.24, 2.45) is 5.73 Å². The number of fused-ring (bicyclic) bond motifs is 1. The van der Waals surface area contributed by atoms with Crippen LogP contribution in [0.2, 0.25) is 0 Å². The van der Waals surface area contributed by atoms with Gasteiger partial charge < -0.3 is 5.73 Å². The van der Waals surface area contributed by atoms with E-state index in [4.69, 9.17) is 5.73 Å². The maximum absolute atomic E-state index is 11.6. The Morgan fingerprint density at radius 3 is 2.63 bits per heavy atom. The van der Waals surface area contributed by atoms with Crippen LogP contribution in [0, 0.1) is 0 Å². The Balaban J connectivity index is 2.08. The summed E-state index contributed by atoms with van der Waals surface area (Å²) in [6, 6.07) is 8.58. The summed E-state index contributed by atoms with van der Waals surface area (Å²) in [5, 5.41) is 0. The zero-order valence-electron chi connectivity index (χ0n) is 11.4. The monoisotopic (exact) mass is 282 g/mol. The van der Waals surface area contributed by atoms with Gasteiger partial charge in [-0.25, -0.2) is 8.42 Å². The van der Waals surface area contributed by atoms with Gasteiger partial charge in [0, 0.05) is 31.4 Å². The van der Waals surface area contributed by atoms with Crippen molar-refractivity contribution in [2.75, 3.05) is 24.6 Å². The Morgan fingerprint density at radius 1 is 1.32 bits per heavy atom. The number of nitrogens with two attached hydrogens (primary N) is 1. The fourth-order valence-corrected chi connectivity index (χ4v) is 3.34. The zero-order valence-corrected chi connectivity index (χ0v) is 12.2. The van der Waals surface area contributed by atoms with Crippen molar-refractivity contribution in [2.45, 2.75) is 25.9 Å². The highest BCUT2D eigenvalue weighted by Crippen LogP contribution is 2.22. The molecule has 0 radical (unpaired) electrons. The van der Waals surface area contributed by atoms with E-state index in [1.54, 1.807) is 6.92 Å². The van der Waals surface area contributed by atoms with Crippen LogP contribution in [0.4, 0.5) is 0 Å². The molecule has 1 aliphatic rings. The molecule has 5 heteroatoms. The van der Waals surface area contributed by atoms with Crippen molar-refractivity contribution >= 4 is 9.84 Å². The lowest BCUT2D eigenvalue weighted by Crippen LogP contribution is -2.46. The summed E-state index contributed by atoms with van der Waals surface area (Å²) in [4.78, 5) is 2.20. The first-order chi connectivity index (χ1) is 9.05. The van der Waals surface area contributed by atoms with Crippen molar-refractivity contribution in [3.05, 3.63) is 35.4 Å². The lowest BCUT2D eigenvalue weighted by molar-refractivity contribution is 0.186. The highest BCUT2D eigenvalue weighted by molar-refractivity contribution is 7.91. The van der Waals surface area contributed by atoms with Gasteiger partial charge in [-0.1, -0.05) is 31.2 Å². The summed E-state index contributed by atoms with van der Waals surface area (Å²) in [6.45, 7) is 3.64. The Kier molecular flexibility index (Phi) is 4.60. The van der Waals surface area contributed by atoms with Gasteiger partial charge in [0.15, 0.2) is 9.84 Å². The summed E-state index contributed by atoms with van der Waals surface area (Å²) < 4.78 is 23.2. The Bertz CT molecular complexity index is 528. The second-order valence-corrected chi connectivity index (χ2v) is 7.54. The third-order valence-corrected chi connectivity index (χ3v) is 5.55.